The van der Waals surface area contributed by atoms with Crippen molar-refractivity contribution in [2.75, 3.05) is 0 Å². The molecule has 3 aromatic rings. The molecule has 0 spiro atoms. The van der Waals surface area contributed by atoms with Gasteiger partial charge in [-0.3, -0.25) is 9.59 Å². The number of fused-ring (bicyclic) bond motifs is 2. The lowest BCUT2D eigenvalue weighted by molar-refractivity contribution is 0.0991. The Bertz CT molecular complexity index is 1160. The van der Waals surface area contributed by atoms with Crippen LogP contribution in [-0.2, 0) is 18.3 Å². The number of carbonyl (C=O) groups is 2. The fourth-order valence-electron chi connectivity index (χ4n) is 4.82. The Morgan fingerprint density at radius 3 is 1.85 bits per heavy atom. The lowest BCUT2D eigenvalue weighted by Gasteiger charge is -2.35. The predicted octanol–water partition coefficient (Wildman–Crippen LogP) is 2.56. The van der Waals surface area contributed by atoms with Crippen LogP contribution in [0.3, 0.4) is 0 Å². The molecule has 2 amide bonds. The Labute approximate surface area is 192 Å². The van der Waals surface area contributed by atoms with Crippen molar-refractivity contribution in [3.8, 4) is 0 Å². The molecule has 172 valence electrons. The number of rotatable bonds is 6. The van der Waals surface area contributed by atoms with Crippen LogP contribution >= 0.6 is 0 Å². The number of aryl methyl sites for hydroxylation is 2. The number of carbonyl (C=O) groups excluding carboxylic acids is 2. The topological polar surface area (TPSA) is 151 Å². The number of benzene rings is 2. The summed E-state index contributed by atoms with van der Waals surface area (Å²) in [4.78, 5) is 23.8. The summed E-state index contributed by atoms with van der Waals surface area (Å²) >= 11 is 0. The SMILES string of the molecule is CC(C)c1nnc(C2(C[C@H](C)N)c3ccc(C(N)=O)cc3CCc3cc(C(N)=O)ccc32)o1. The highest BCUT2D eigenvalue weighted by atomic mass is 16.4. The van der Waals surface area contributed by atoms with Gasteiger partial charge in [-0.1, -0.05) is 26.0 Å². The van der Waals surface area contributed by atoms with Crippen LogP contribution in [0.15, 0.2) is 40.8 Å². The molecule has 1 aromatic heterocycles. The van der Waals surface area contributed by atoms with Crippen molar-refractivity contribution >= 4 is 11.8 Å². The number of aromatic nitrogens is 2. The third kappa shape index (κ3) is 3.91. The lowest BCUT2D eigenvalue weighted by atomic mass is 9.68. The summed E-state index contributed by atoms with van der Waals surface area (Å²) in [5.41, 5.74) is 21.3. The van der Waals surface area contributed by atoms with Crippen LogP contribution in [0.4, 0.5) is 0 Å². The van der Waals surface area contributed by atoms with Gasteiger partial charge in [0.15, 0.2) is 0 Å². The van der Waals surface area contributed by atoms with Crippen LogP contribution in [0.25, 0.3) is 0 Å². The van der Waals surface area contributed by atoms with Crippen LogP contribution in [0.5, 0.6) is 0 Å². The van der Waals surface area contributed by atoms with Crippen molar-refractivity contribution < 1.29 is 14.0 Å². The third-order valence-electron chi connectivity index (χ3n) is 6.29. The van der Waals surface area contributed by atoms with Gasteiger partial charge in [0.05, 0.1) is 0 Å². The molecular formula is C25H29N5O3. The molecule has 1 aliphatic carbocycles. The normalized spacial score (nSPS) is 15.4. The van der Waals surface area contributed by atoms with Crippen LogP contribution in [0.1, 0.15) is 87.9 Å². The molecule has 8 heteroatoms. The van der Waals surface area contributed by atoms with E-state index in [9.17, 15) is 9.59 Å². The molecule has 1 aliphatic rings. The minimum absolute atomic E-state index is 0.0535. The monoisotopic (exact) mass is 447 g/mol. The van der Waals surface area contributed by atoms with Gasteiger partial charge in [-0.15, -0.1) is 10.2 Å². The van der Waals surface area contributed by atoms with Gasteiger partial charge < -0.3 is 21.6 Å². The minimum Gasteiger partial charge on any atom is -0.424 e. The van der Waals surface area contributed by atoms with Crippen LogP contribution in [-0.4, -0.2) is 28.1 Å². The first-order valence-electron chi connectivity index (χ1n) is 11.1. The Morgan fingerprint density at radius 1 is 0.939 bits per heavy atom. The second kappa shape index (κ2) is 8.44. The number of nitrogens with zero attached hydrogens (tertiary/aromatic N) is 2. The molecule has 0 radical (unpaired) electrons. The van der Waals surface area contributed by atoms with Crippen LogP contribution < -0.4 is 17.2 Å². The predicted molar refractivity (Wildman–Crippen MR) is 124 cm³/mol. The molecule has 1 atom stereocenters. The van der Waals surface area contributed by atoms with Crippen LogP contribution in [0.2, 0.25) is 0 Å². The zero-order valence-corrected chi connectivity index (χ0v) is 19.1. The first kappa shape index (κ1) is 22.7. The average Bonchev–Trinajstić information content (AvgIpc) is 3.22. The minimum atomic E-state index is -0.859. The number of nitrogens with two attached hydrogens (primary N) is 3. The van der Waals surface area contributed by atoms with E-state index in [0.717, 1.165) is 22.3 Å². The van der Waals surface area contributed by atoms with E-state index in [1.54, 1.807) is 12.1 Å². The van der Waals surface area contributed by atoms with Crippen molar-refractivity contribution in [2.24, 2.45) is 17.2 Å². The number of hydrogen-bond acceptors (Lipinski definition) is 6. The Hall–Kier alpha value is -3.52. The second-order valence-corrected chi connectivity index (χ2v) is 9.16. The van der Waals surface area contributed by atoms with Gasteiger partial charge in [0.2, 0.25) is 23.6 Å². The number of primary amides is 2. The highest BCUT2D eigenvalue weighted by Gasteiger charge is 2.46. The molecule has 0 saturated carbocycles. The molecule has 0 bridgehead atoms. The van der Waals surface area contributed by atoms with E-state index >= 15 is 0 Å². The van der Waals surface area contributed by atoms with E-state index in [0.29, 0.717) is 42.2 Å². The molecule has 4 rings (SSSR count). The molecule has 0 aliphatic heterocycles. The smallest absolute Gasteiger partial charge is 0.248 e. The van der Waals surface area contributed by atoms with E-state index in [4.69, 9.17) is 21.6 Å². The van der Waals surface area contributed by atoms with Gasteiger partial charge in [0.1, 0.15) is 5.41 Å². The van der Waals surface area contributed by atoms with Gasteiger partial charge in [-0.25, -0.2) is 0 Å². The molecule has 0 unspecified atom stereocenters. The lowest BCUT2D eigenvalue weighted by Crippen LogP contribution is -2.37. The third-order valence-corrected chi connectivity index (χ3v) is 6.29. The highest BCUT2D eigenvalue weighted by Crippen LogP contribution is 2.47. The summed E-state index contributed by atoms with van der Waals surface area (Å²) in [5.74, 6) is 0.0368. The van der Waals surface area contributed by atoms with E-state index in [-0.39, 0.29) is 12.0 Å². The molecule has 33 heavy (non-hydrogen) atoms. The Kier molecular flexibility index (Phi) is 5.80. The Morgan fingerprint density at radius 2 is 1.45 bits per heavy atom. The summed E-state index contributed by atoms with van der Waals surface area (Å²) in [7, 11) is 0. The zero-order valence-electron chi connectivity index (χ0n) is 19.1. The standard InChI is InChI=1S/C25H29N5O3/c1-13(2)23-29-30-24(33-23)25(12-14(3)26)19-8-6-17(21(27)31)10-15(19)4-5-16-11-18(22(28)32)7-9-20(16)25/h6-11,13-14H,4-5,12,26H2,1-3H3,(H2,27,31)(H2,28,32)/t14-/m0/s1. The number of amides is 2. The van der Waals surface area contributed by atoms with Crippen molar-refractivity contribution in [3.05, 3.63) is 81.6 Å². The second-order valence-electron chi connectivity index (χ2n) is 9.16. The first-order valence-corrected chi connectivity index (χ1v) is 11.1. The van der Waals surface area contributed by atoms with Crippen molar-refractivity contribution in [1.29, 1.82) is 0 Å². The summed E-state index contributed by atoms with van der Waals surface area (Å²) in [5, 5.41) is 8.79. The summed E-state index contributed by atoms with van der Waals surface area (Å²) in [6.45, 7) is 5.91. The Balaban J connectivity index is 2.08. The van der Waals surface area contributed by atoms with Crippen LogP contribution in [0, 0.1) is 0 Å². The largest absolute Gasteiger partial charge is 0.424 e. The first-order chi connectivity index (χ1) is 15.6. The number of hydrogen-bond donors (Lipinski definition) is 3. The molecule has 6 N–H and O–H groups in total. The van der Waals surface area contributed by atoms with Crippen molar-refractivity contribution in [3.63, 3.8) is 0 Å². The highest BCUT2D eigenvalue weighted by molar-refractivity contribution is 5.94. The molecule has 0 saturated heterocycles. The molecule has 1 heterocycles. The van der Waals surface area contributed by atoms with E-state index < -0.39 is 17.2 Å². The maximum atomic E-state index is 11.9. The van der Waals surface area contributed by atoms with Crippen molar-refractivity contribution in [1.82, 2.24) is 10.2 Å². The molecule has 0 fully saturated rings. The maximum absolute atomic E-state index is 11.9. The summed E-state index contributed by atoms with van der Waals surface area (Å²) in [6.07, 6.45) is 1.76. The molecule has 8 nitrogen and oxygen atoms in total. The van der Waals surface area contributed by atoms with E-state index in [1.807, 2.05) is 45.0 Å². The zero-order chi connectivity index (χ0) is 23.9. The summed E-state index contributed by atoms with van der Waals surface area (Å²) in [6, 6.07) is 10.7. The van der Waals surface area contributed by atoms with Gasteiger partial charge in [0.25, 0.3) is 0 Å². The van der Waals surface area contributed by atoms with Gasteiger partial charge >= 0.3 is 0 Å². The van der Waals surface area contributed by atoms with Gasteiger partial charge in [-0.2, -0.15) is 0 Å². The summed E-state index contributed by atoms with van der Waals surface area (Å²) < 4.78 is 6.25. The molecular weight excluding hydrogens is 418 g/mol. The van der Waals surface area contributed by atoms with E-state index in [1.165, 1.54) is 0 Å². The maximum Gasteiger partial charge on any atom is 0.248 e. The van der Waals surface area contributed by atoms with E-state index in [2.05, 4.69) is 10.2 Å². The quantitative estimate of drug-likeness (QED) is 0.528. The fraction of sp³-hybridized carbons (Fsp3) is 0.360. The van der Waals surface area contributed by atoms with Gasteiger partial charge in [-0.05, 0) is 72.7 Å². The molecule has 2 aromatic carbocycles. The van der Waals surface area contributed by atoms with Crippen molar-refractivity contribution in [2.45, 2.75) is 57.4 Å². The average molecular weight is 448 g/mol. The fourth-order valence-corrected chi connectivity index (χ4v) is 4.82. The van der Waals surface area contributed by atoms with Gasteiger partial charge in [0, 0.05) is 23.1 Å².